The van der Waals surface area contributed by atoms with E-state index in [4.69, 9.17) is 14.1 Å². The second kappa shape index (κ2) is 8.25. The maximum absolute atomic E-state index is 13.0. The van der Waals surface area contributed by atoms with E-state index in [1.54, 1.807) is 6.26 Å². The lowest BCUT2D eigenvalue weighted by molar-refractivity contribution is -0.0408. The number of anilines is 1. The molecule has 2 aliphatic rings. The summed E-state index contributed by atoms with van der Waals surface area (Å²) in [4.78, 5) is 22.0. The van der Waals surface area contributed by atoms with Gasteiger partial charge < -0.3 is 19.0 Å². The summed E-state index contributed by atoms with van der Waals surface area (Å²) in [6.45, 7) is 14.6. The Kier molecular flexibility index (Phi) is 5.76. The fourth-order valence-electron chi connectivity index (χ4n) is 4.78. The maximum Gasteiger partial charge on any atom is 0.290 e. The Morgan fingerprint density at radius 1 is 1.31 bits per heavy atom. The number of amides is 1. The maximum atomic E-state index is 13.0. The van der Waals surface area contributed by atoms with Crippen LogP contribution in [-0.2, 0) is 17.8 Å². The number of aromatic nitrogens is 1. The average molecular weight is 437 g/mol. The zero-order chi connectivity index (χ0) is 23.2. The minimum Gasteiger partial charge on any atom is -0.459 e. The number of nitriles is 1. The SMILES string of the molecule is Cc1ccoc1C(=O)N1CCN(c2nc(C(C)C)c3c(c2C#N)CC(C)(C)OC3)C[C@H]1C. The van der Waals surface area contributed by atoms with E-state index >= 15 is 0 Å². The molecule has 0 N–H and O–H groups in total. The quantitative estimate of drug-likeness (QED) is 0.718. The van der Waals surface area contributed by atoms with E-state index in [1.165, 1.54) is 0 Å². The first kappa shape index (κ1) is 22.3. The molecule has 1 atom stereocenters. The normalized spacial score (nSPS) is 20.2. The van der Waals surface area contributed by atoms with E-state index in [0.717, 1.165) is 28.2 Å². The predicted octanol–water partition coefficient (Wildman–Crippen LogP) is 4.18. The van der Waals surface area contributed by atoms with Crippen LogP contribution in [0.25, 0.3) is 0 Å². The first-order valence-corrected chi connectivity index (χ1v) is 11.3. The third kappa shape index (κ3) is 3.88. The molecule has 2 aliphatic heterocycles. The van der Waals surface area contributed by atoms with Crippen molar-refractivity contribution in [3.63, 3.8) is 0 Å². The van der Waals surface area contributed by atoms with Crippen molar-refractivity contribution in [3.05, 3.63) is 46.0 Å². The number of hydrogen-bond donors (Lipinski definition) is 0. The van der Waals surface area contributed by atoms with E-state index in [1.807, 2.05) is 24.8 Å². The van der Waals surface area contributed by atoms with Crippen molar-refractivity contribution in [2.75, 3.05) is 24.5 Å². The summed E-state index contributed by atoms with van der Waals surface area (Å²) in [5.41, 5.74) is 4.31. The topological polar surface area (TPSA) is 82.6 Å². The van der Waals surface area contributed by atoms with Crippen LogP contribution in [0.3, 0.4) is 0 Å². The Morgan fingerprint density at radius 3 is 2.66 bits per heavy atom. The summed E-state index contributed by atoms with van der Waals surface area (Å²) in [5.74, 6) is 1.28. The van der Waals surface area contributed by atoms with Crippen LogP contribution in [-0.4, -0.2) is 47.1 Å². The van der Waals surface area contributed by atoms with E-state index in [-0.39, 0.29) is 23.5 Å². The third-order valence-electron chi connectivity index (χ3n) is 6.54. The number of fused-ring (bicyclic) bond motifs is 1. The molecule has 32 heavy (non-hydrogen) atoms. The summed E-state index contributed by atoms with van der Waals surface area (Å²) in [6, 6.07) is 4.22. The highest BCUT2D eigenvalue weighted by molar-refractivity contribution is 5.93. The van der Waals surface area contributed by atoms with Gasteiger partial charge >= 0.3 is 0 Å². The van der Waals surface area contributed by atoms with Gasteiger partial charge in [0.05, 0.1) is 29.7 Å². The molecule has 2 aromatic heterocycles. The van der Waals surface area contributed by atoms with Gasteiger partial charge in [-0.15, -0.1) is 0 Å². The molecule has 0 radical (unpaired) electrons. The molecule has 0 aliphatic carbocycles. The van der Waals surface area contributed by atoms with Crippen LogP contribution in [0.4, 0.5) is 5.82 Å². The Hall–Kier alpha value is -2.85. The van der Waals surface area contributed by atoms with Gasteiger partial charge in [0, 0.05) is 43.2 Å². The van der Waals surface area contributed by atoms with Crippen LogP contribution in [0.1, 0.15) is 79.0 Å². The van der Waals surface area contributed by atoms with Gasteiger partial charge in [-0.1, -0.05) is 13.8 Å². The lowest BCUT2D eigenvalue weighted by Crippen LogP contribution is -2.54. The highest BCUT2D eigenvalue weighted by Crippen LogP contribution is 2.38. The number of nitrogens with zero attached hydrogens (tertiary/aromatic N) is 4. The zero-order valence-corrected chi connectivity index (χ0v) is 19.9. The molecular formula is C25H32N4O3. The van der Waals surface area contributed by atoms with Crippen molar-refractivity contribution < 1.29 is 13.9 Å². The number of aryl methyl sites for hydroxylation is 1. The molecule has 0 bridgehead atoms. The van der Waals surface area contributed by atoms with Gasteiger partial charge in [0.2, 0.25) is 0 Å². The van der Waals surface area contributed by atoms with Gasteiger partial charge in [0.15, 0.2) is 5.76 Å². The summed E-state index contributed by atoms with van der Waals surface area (Å²) in [5, 5.41) is 10.1. The van der Waals surface area contributed by atoms with Crippen LogP contribution in [0, 0.1) is 18.3 Å². The molecule has 0 aromatic carbocycles. The minimum atomic E-state index is -0.315. The zero-order valence-electron chi connectivity index (χ0n) is 19.9. The van der Waals surface area contributed by atoms with Crippen LogP contribution in [0.5, 0.6) is 0 Å². The van der Waals surface area contributed by atoms with E-state index < -0.39 is 0 Å². The lowest BCUT2D eigenvalue weighted by atomic mass is 9.86. The van der Waals surface area contributed by atoms with Crippen LogP contribution < -0.4 is 4.90 Å². The molecule has 170 valence electrons. The molecule has 7 nitrogen and oxygen atoms in total. The standard InChI is InChI=1S/C25H32N4O3/c1-15(2)21-20-14-32-25(5,6)11-18(20)19(12-26)23(27-21)28-8-9-29(17(4)13-28)24(30)22-16(3)7-10-31-22/h7,10,15,17H,8-9,11,13-14H2,1-6H3/t17-/m1/s1. The van der Waals surface area contributed by atoms with Gasteiger partial charge in [-0.05, 0) is 45.2 Å². The number of ether oxygens (including phenoxy) is 1. The molecule has 1 fully saturated rings. The first-order valence-electron chi connectivity index (χ1n) is 11.3. The highest BCUT2D eigenvalue weighted by Gasteiger charge is 2.36. The van der Waals surface area contributed by atoms with Gasteiger partial charge in [0.1, 0.15) is 11.9 Å². The van der Waals surface area contributed by atoms with E-state index in [0.29, 0.717) is 44.0 Å². The summed E-state index contributed by atoms with van der Waals surface area (Å²) >= 11 is 0. The van der Waals surface area contributed by atoms with E-state index in [9.17, 15) is 10.1 Å². The third-order valence-corrected chi connectivity index (χ3v) is 6.54. The Balaban J connectivity index is 1.67. The van der Waals surface area contributed by atoms with Crippen LogP contribution >= 0.6 is 0 Å². The van der Waals surface area contributed by atoms with Crippen molar-refractivity contribution in [2.24, 2.45) is 0 Å². The summed E-state index contributed by atoms with van der Waals surface area (Å²) < 4.78 is 11.5. The average Bonchev–Trinajstić information content (AvgIpc) is 3.17. The fraction of sp³-hybridized carbons (Fsp3) is 0.560. The molecule has 1 saturated heterocycles. The molecule has 4 rings (SSSR count). The van der Waals surface area contributed by atoms with Crippen molar-refractivity contribution in [1.29, 1.82) is 5.26 Å². The molecular weight excluding hydrogens is 404 g/mol. The number of carbonyl (C=O) groups excluding carboxylic acids is 1. The van der Waals surface area contributed by atoms with Crippen molar-refractivity contribution in [3.8, 4) is 6.07 Å². The number of piperazine rings is 1. The molecule has 0 spiro atoms. The van der Waals surface area contributed by atoms with Gasteiger partial charge in [0.25, 0.3) is 5.91 Å². The Labute approximate surface area is 190 Å². The number of rotatable bonds is 3. The van der Waals surface area contributed by atoms with Crippen molar-refractivity contribution in [1.82, 2.24) is 9.88 Å². The van der Waals surface area contributed by atoms with Crippen LogP contribution in [0.15, 0.2) is 16.7 Å². The number of furan rings is 1. The van der Waals surface area contributed by atoms with Gasteiger partial charge in [-0.2, -0.15) is 5.26 Å². The summed E-state index contributed by atoms with van der Waals surface area (Å²) in [7, 11) is 0. The lowest BCUT2D eigenvalue weighted by Gasteiger charge is -2.41. The second-order valence-corrected chi connectivity index (χ2v) is 9.87. The number of pyridine rings is 1. The Morgan fingerprint density at radius 2 is 2.06 bits per heavy atom. The molecule has 0 saturated carbocycles. The van der Waals surface area contributed by atoms with E-state index in [2.05, 4.69) is 38.7 Å². The molecule has 4 heterocycles. The van der Waals surface area contributed by atoms with Gasteiger partial charge in [-0.3, -0.25) is 4.79 Å². The number of hydrogen-bond acceptors (Lipinski definition) is 6. The smallest absolute Gasteiger partial charge is 0.290 e. The second-order valence-electron chi connectivity index (χ2n) is 9.87. The fourth-order valence-corrected chi connectivity index (χ4v) is 4.78. The van der Waals surface area contributed by atoms with Crippen LogP contribution in [0.2, 0.25) is 0 Å². The van der Waals surface area contributed by atoms with Crippen molar-refractivity contribution >= 4 is 11.7 Å². The first-order chi connectivity index (χ1) is 15.1. The number of carbonyl (C=O) groups is 1. The van der Waals surface area contributed by atoms with Gasteiger partial charge in [-0.25, -0.2) is 4.98 Å². The molecule has 2 aromatic rings. The predicted molar refractivity (Wildman–Crippen MR) is 122 cm³/mol. The minimum absolute atomic E-state index is 0.0348. The summed E-state index contributed by atoms with van der Waals surface area (Å²) in [6.07, 6.45) is 2.24. The Bertz CT molecular complexity index is 1080. The molecule has 1 amide bonds. The molecule has 0 unspecified atom stereocenters. The molecule has 7 heteroatoms. The van der Waals surface area contributed by atoms with Crippen molar-refractivity contribution in [2.45, 2.75) is 72.1 Å². The highest BCUT2D eigenvalue weighted by atomic mass is 16.5. The monoisotopic (exact) mass is 436 g/mol. The largest absolute Gasteiger partial charge is 0.459 e.